The Kier molecular flexibility index (Phi) is 7.18. The predicted molar refractivity (Wildman–Crippen MR) is 68.2 cm³/mol. The maximum atomic E-state index is 11.9. The Labute approximate surface area is 116 Å². The zero-order valence-corrected chi connectivity index (χ0v) is 11.2. The minimum atomic E-state index is -4.70. The lowest BCUT2D eigenvalue weighted by Gasteiger charge is -2.19. The van der Waals surface area contributed by atoms with Crippen molar-refractivity contribution in [1.82, 2.24) is 0 Å². The number of benzene rings is 1. The summed E-state index contributed by atoms with van der Waals surface area (Å²) in [7, 11) is 0. The molecule has 0 aliphatic heterocycles. The van der Waals surface area contributed by atoms with Crippen molar-refractivity contribution in [2.75, 3.05) is 0 Å². The molecule has 0 fully saturated rings. The first kappa shape index (κ1) is 18.0. The molecule has 7 heteroatoms. The Morgan fingerprint density at radius 1 is 1.26 bits per heavy atom. The Bertz CT molecular complexity index is 370. The lowest BCUT2D eigenvalue weighted by Crippen LogP contribution is -2.26. The van der Waals surface area contributed by atoms with E-state index >= 15 is 0 Å². The first-order chi connectivity index (χ1) is 8.33. The van der Waals surface area contributed by atoms with Gasteiger partial charge < -0.3 is 15.6 Å². The van der Waals surface area contributed by atoms with Crippen LogP contribution in [0.1, 0.15) is 31.4 Å². The number of hydrogen-bond donors (Lipinski definition) is 2. The number of nitrogens with two attached hydrogens (primary N) is 1. The molecule has 1 aromatic rings. The molecule has 1 aromatic carbocycles. The molecule has 0 bridgehead atoms. The van der Waals surface area contributed by atoms with Gasteiger partial charge in [0.05, 0.1) is 12.1 Å². The number of aliphatic hydroxyl groups excluding tert-OH is 1. The molecule has 0 saturated carbocycles. The Balaban J connectivity index is 0.00000324. The minimum absolute atomic E-state index is 0. The number of rotatable bonds is 5. The summed E-state index contributed by atoms with van der Waals surface area (Å²) in [6.07, 6.45) is -4.08. The van der Waals surface area contributed by atoms with E-state index in [1.165, 1.54) is 24.3 Å². The first-order valence-corrected chi connectivity index (χ1v) is 5.63. The fourth-order valence-corrected chi connectivity index (χ4v) is 1.59. The van der Waals surface area contributed by atoms with Gasteiger partial charge in [0.1, 0.15) is 5.75 Å². The number of hydrogen-bond acceptors (Lipinski definition) is 3. The van der Waals surface area contributed by atoms with Crippen LogP contribution in [0.25, 0.3) is 0 Å². The van der Waals surface area contributed by atoms with E-state index in [1.54, 1.807) is 0 Å². The van der Waals surface area contributed by atoms with Crippen LogP contribution in [-0.4, -0.2) is 17.6 Å². The summed E-state index contributed by atoms with van der Waals surface area (Å²) >= 11 is 0. The van der Waals surface area contributed by atoms with Gasteiger partial charge >= 0.3 is 6.36 Å². The Hall–Kier alpha value is -0.980. The molecule has 0 amide bonds. The molecule has 0 spiro atoms. The van der Waals surface area contributed by atoms with E-state index in [1.807, 2.05) is 6.92 Å². The highest BCUT2D eigenvalue weighted by Gasteiger charge is 2.31. The highest BCUT2D eigenvalue weighted by molar-refractivity contribution is 5.85. The van der Waals surface area contributed by atoms with Gasteiger partial charge in [0.2, 0.25) is 0 Å². The minimum Gasteiger partial charge on any atom is -0.406 e. The third kappa shape index (κ3) is 6.13. The zero-order valence-electron chi connectivity index (χ0n) is 10.4. The lowest BCUT2D eigenvalue weighted by molar-refractivity contribution is -0.274. The van der Waals surface area contributed by atoms with Crippen molar-refractivity contribution in [3.63, 3.8) is 0 Å². The summed E-state index contributed by atoms with van der Waals surface area (Å²) in [5, 5.41) is 9.69. The molecule has 0 aromatic heterocycles. The summed E-state index contributed by atoms with van der Waals surface area (Å²) in [6.45, 7) is 1.91. The molecule has 0 aliphatic rings. The van der Waals surface area contributed by atoms with E-state index in [2.05, 4.69) is 4.74 Å². The molecule has 1 rings (SSSR count). The molecule has 0 radical (unpaired) electrons. The molecular formula is C12H17ClF3NO2. The van der Waals surface area contributed by atoms with Crippen LogP contribution in [0.3, 0.4) is 0 Å². The van der Waals surface area contributed by atoms with Crippen molar-refractivity contribution in [2.24, 2.45) is 5.73 Å². The SMILES string of the molecule is CCC[C@H](O)[C@H](N)c1ccc(OC(F)(F)F)cc1.Cl. The molecule has 110 valence electrons. The van der Waals surface area contributed by atoms with Crippen LogP contribution < -0.4 is 10.5 Å². The molecule has 3 N–H and O–H groups in total. The lowest BCUT2D eigenvalue weighted by atomic mass is 9.99. The summed E-state index contributed by atoms with van der Waals surface area (Å²) in [5.41, 5.74) is 6.36. The number of aliphatic hydroxyl groups is 1. The smallest absolute Gasteiger partial charge is 0.406 e. The van der Waals surface area contributed by atoms with E-state index < -0.39 is 18.5 Å². The third-order valence-electron chi connectivity index (χ3n) is 2.50. The van der Waals surface area contributed by atoms with Crippen LogP contribution in [0, 0.1) is 0 Å². The second-order valence-corrected chi connectivity index (χ2v) is 4.00. The second kappa shape index (κ2) is 7.57. The van der Waals surface area contributed by atoms with Crippen LogP contribution in [0.15, 0.2) is 24.3 Å². The number of alkyl halides is 3. The van der Waals surface area contributed by atoms with Gasteiger partial charge in [-0.15, -0.1) is 25.6 Å². The molecule has 0 saturated heterocycles. The predicted octanol–water partition coefficient (Wildman–Crippen LogP) is 3.17. The van der Waals surface area contributed by atoms with Crippen LogP contribution in [-0.2, 0) is 0 Å². The molecule has 0 unspecified atom stereocenters. The maximum absolute atomic E-state index is 11.9. The van der Waals surface area contributed by atoms with Crippen LogP contribution in [0.4, 0.5) is 13.2 Å². The van der Waals surface area contributed by atoms with Gasteiger partial charge in [-0.1, -0.05) is 25.5 Å². The largest absolute Gasteiger partial charge is 0.573 e. The maximum Gasteiger partial charge on any atom is 0.573 e. The van der Waals surface area contributed by atoms with Gasteiger partial charge in [0.15, 0.2) is 0 Å². The monoisotopic (exact) mass is 299 g/mol. The van der Waals surface area contributed by atoms with Crippen LogP contribution >= 0.6 is 12.4 Å². The van der Waals surface area contributed by atoms with E-state index in [-0.39, 0.29) is 18.2 Å². The highest BCUT2D eigenvalue weighted by Crippen LogP contribution is 2.25. The van der Waals surface area contributed by atoms with E-state index in [4.69, 9.17) is 5.73 Å². The van der Waals surface area contributed by atoms with Crippen LogP contribution in [0.5, 0.6) is 5.75 Å². The average molecular weight is 300 g/mol. The topological polar surface area (TPSA) is 55.5 Å². The van der Waals surface area contributed by atoms with Crippen molar-refractivity contribution in [2.45, 2.75) is 38.3 Å². The quantitative estimate of drug-likeness (QED) is 0.878. The van der Waals surface area contributed by atoms with E-state index in [9.17, 15) is 18.3 Å². The fourth-order valence-electron chi connectivity index (χ4n) is 1.59. The van der Waals surface area contributed by atoms with Crippen molar-refractivity contribution >= 4 is 12.4 Å². The van der Waals surface area contributed by atoms with Crippen molar-refractivity contribution in [1.29, 1.82) is 0 Å². The van der Waals surface area contributed by atoms with Crippen LogP contribution in [0.2, 0.25) is 0 Å². The molecule has 2 atom stereocenters. The summed E-state index contributed by atoms with van der Waals surface area (Å²) in [4.78, 5) is 0. The van der Waals surface area contributed by atoms with Gasteiger partial charge in [-0.3, -0.25) is 0 Å². The molecule has 0 heterocycles. The fraction of sp³-hybridized carbons (Fsp3) is 0.500. The summed E-state index contributed by atoms with van der Waals surface area (Å²) in [5.74, 6) is -0.302. The van der Waals surface area contributed by atoms with E-state index in [0.29, 0.717) is 12.0 Å². The Morgan fingerprint density at radius 3 is 2.21 bits per heavy atom. The number of halogens is 4. The van der Waals surface area contributed by atoms with Gasteiger partial charge in [-0.25, -0.2) is 0 Å². The van der Waals surface area contributed by atoms with E-state index in [0.717, 1.165) is 6.42 Å². The van der Waals surface area contributed by atoms with Gasteiger partial charge in [-0.2, -0.15) is 0 Å². The molecule has 0 aliphatic carbocycles. The van der Waals surface area contributed by atoms with Crippen molar-refractivity contribution in [3.05, 3.63) is 29.8 Å². The zero-order chi connectivity index (χ0) is 13.8. The van der Waals surface area contributed by atoms with Gasteiger partial charge in [-0.05, 0) is 24.1 Å². The average Bonchev–Trinajstić information content (AvgIpc) is 2.27. The van der Waals surface area contributed by atoms with Crippen molar-refractivity contribution < 1.29 is 23.0 Å². The number of ether oxygens (including phenoxy) is 1. The summed E-state index contributed by atoms with van der Waals surface area (Å²) < 4.78 is 39.6. The highest BCUT2D eigenvalue weighted by atomic mass is 35.5. The van der Waals surface area contributed by atoms with Gasteiger partial charge in [0, 0.05) is 0 Å². The first-order valence-electron chi connectivity index (χ1n) is 5.63. The Morgan fingerprint density at radius 2 is 1.79 bits per heavy atom. The molecule has 3 nitrogen and oxygen atoms in total. The molecular weight excluding hydrogens is 283 g/mol. The standard InChI is InChI=1S/C12H16F3NO2.ClH/c1-2-3-10(17)11(16)8-4-6-9(7-5-8)18-12(13,14)15;/h4-7,10-11,17H,2-3,16H2,1H3;1H/t10-,11+;/m0./s1. The normalized spacial score (nSPS) is 14.4. The van der Waals surface area contributed by atoms with Gasteiger partial charge in [0.25, 0.3) is 0 Å². The molecule has 19 heavy (non-hydrogen) atoms. The second-order valence-electron chi connectivity index (χ2n) is 4.00. The third-order valence-corrected chi connectivity index (χ3v) is 2.50. The summed E-state index contributed by atoms with van der Waals surface area (Å²) in [6, 6.07) is 4.60. The van der Waals surface area contributed by atoms with Crippen molar-refractivity contribution in [3.8, 4) is 5.75 Å².